The number of ether oxygens (including phenoxy) is 1. The summed E-state index contributed by atoms with van der Waals surface area (Å²) in [6.07, 6.45) is 4.00. The van der Waals surface area contributed by atoms with E-state index in [1.165, 1.54) is 0 Å². The van der Waals surface area contributed by atoms with Crippen molar-refractivity contribution in [3.8, 4) is 5.75 Å². The van der Waals surface area contributed by atoms with Crippen LogP contribution in [0.15, 0.2) is 42.6 Å². The number of hydrogen-bond donors (Lipinski definition) is 3. The SMILES string of the molecule is Cc1cnc(Nc2cccc(CNS(=O)(=O)C3CC3)c2)nc1Nc1ccc2c(n1)CCC(=O)O2. The van der Waals surface area contributed by atoms with Gasteiger partial charge in [-0.1, -0.05) is 12.1 Å². The first kappa shape index (κ1) is 22.2. The van der Waals surface area contributed by atoms with Crippen LogP contribution < -0.4 is 20.1 Å². The predicted molar refractivity (Wildman–Crippen MR) is 127 cm³/mol. The van der Waals surface area contributed by atoms with E-state index in [0.717, 1.165) is 35.3 Å². The van der Waals surface area contributed by atoms with Crippen LogP contribution in [0.3, 0.4) is 0 Å². The monoisotopic (exact) mass is 480 g/mol. The summed E-state index contributed by atoms with van der Waals surface area (Å²) in [4.78, 5) is 24.9. The average Bonchev–Trinajstić information content (AvgIpc) is 3.67. The third kappa shape index (κ3) is 5.15. The van der Waals surface area contributed by atoms with Gasteiger partial charge in [0.25, 0.3) is 0 Å². The van der Waals surface area contributed by atoms with Crippen molar-refractivity contribution in [2.75, 3.05) is 10.6 Å². The molecule has 1 aromatic carbocycles. The molecule has 1 aliphatic heterocycles. The van der Waals surface area contributed by atoms with Crippen molar-refractivity contribution >= 4 is 39.3 Å². The normalized spacial score (nSPS) is 15.4. The van der Waals surface area contributed by atoms with E-state index in [4.69, 9.17) is 4.74 Å². The Hall–Kier alpha value is -3.57. The summed E-state index contributed by atoms with van der Waals surface area (Å²) in [5.41, 5.74) is 3.13. The van der Waals surface area contributed by atoms with Gasteiger partial charge in [0.1, 0.15) is 11.6 Å². The molecule has 3 aromatic rings. The van der Waals surface area contributed by atoms with E-state index in [2.05, 4.69) is 30.3 Å². The van der Waals surface area contributed by atoms with E-state index < -0.39 is 10.0 Å². The Labute approximate surface area is 197 Å². The second-order valence-corrected chi connectivity index (χ2v) is 10.4. The summed E-state index contributed by atoms with van der Waals surface area (Å²) in [5, 5.41) is 6.12. The van der Waals surface area contributed by atoms with Crippen molar-refractivity contribution in [2.45, 2.75) is 44.4 Å². The molecule has 2 aromatic heterocycles. The van der Waals surface area contributed by atoms with Crippen molar-refractivity contribution < 1.29 is 17.9 Å². The fourth-order valence-corrected chi connectivity index (χ4v) is 4.90. The number of anilines is 4. The minimum Gasteiger partial charge on any atom is -0.425 e. The first-order valence-electron chi connectivity index (χ1n) is 11.0. The van der Waals surface area contributed by atoms with Crippen molar-refractivity contribution in [3.05, 3.63) is 59.4 Å². The minimum atomic E-state index is -3.24. The van der Waals surface area contributed by atoms with Gasteiger partial charge >= 0.3 is 5.97 Å². The Balaban J connectivity index is 1.28. The second kappa shape index (κ2) is 8.99. The maximum atomic E-state index is 12.1. The zero-order valence-corrected chi connectivity index (χ0v) is 19.4. The summed E-state index contributed by atoms with van der Waals surface area (Å²) in [7, 11) is -3.24. The van der Waals surface area contributed by atoms with Crippen LogP contribution in [-0.4, -0.2) is 34.6 Å². The van der Waals surface area contributed by atoms with Gasteiger partial charge in [0.15, 0.2) is 5.75 Å². The van der Waals surface area contributed by atoms with Crippen LogP contribution in [0.2, 0.25) is 0 Å². The van der Waals surface area contributed by atoms with Gasteiger partial charge in [-0.15, -0.1) is 0 Å². The Kier molecular flexibility index (Phi) is 5.88. The van der Waals surface area contributed by atoms with Gasteiger partial charge in [-0.25, -0.2) is 23.1 Å². The van der Waals surface area contributed by atoms with Gasteiger partial charge in [0, 0.05) is 30.4 Å². The topological polar surface area (TPSA) is 135 Å². The number of carbonyl (C=O) groups is 1. The number of nitrogens with one attached hydrogen (secondary N) is 3. The molecule has 1 saturated carbocycles. The fraction of sp³-hybridized carbons (Fsp3) is 0.304. The summed E-state index contributed by atoms with van der Waals surface area (Å²) < 4.78 is 32.0. The fourth-order valence-electron chi connectivity index (χ4n) is 3.54. The van der Waals surface area contributed by atoms with Crippen molar-refractivity contribution in [3.63, 3.8) is 0 Å². The van der Waals surface area contributed by atoms with Crippen LogP contribution in [0.1, 0.15) is 36.1 Å². The van der Waals surface area contributed by atoms with E-state index in [0.29, 0.717) is 36.2 Å². The smallest absolute Gasteiger partial charge is 0.311 e. The molecule has 11 heteroatoms. The molecule has 10 nitrogen and oxygen atoms in total. The molecule has 0 radical (unpaired) electrons. The number of aromatic nitrogens is 3. The molecule has 34 heavy (non-hydrogen) atoms. The van der Waals surface area contributed by atoms with Crippen molar-refractivity contribution in [2.24, 2.45) is 0 Å². The lowest BCUT2D eigenvalue weighted by Gasteiger charge is -2.16. The number of fused-ring (bicyclic) bond motifs is 1. The summed E-state index contributed by atoms with van der Waals surface area (Å²) in [6.45, 7) is 2.12. The molecule has 176 valence electrons. The maximum absolute atomic E-state index is 12.1. The number of aryl methyl sites for hydroxylation is 2. The van der Waals surface area contributed by atoms with Gasteiger partial charge < -0.3 is 15.4 Å². The summed E-state index contributed by atoms with van der Waals surface area (Å²) in [5.74, 6) is 1.81. The molecule has 2 aliphatic rings. The molecule has 0 atom stereocenters. The van der Waals surface area contributed by atoms with Gasteiger partial charge in [-0.2, -0.15) is 4.98 Å². The van der Waals surface area contributed by atoms with Crippen LogP contribution in [0.4, 0.5) is 23.3 Å². The maximum Gasteiger partial charge on any atom is 0.311 e. The molecule has 0 unspecified atom stereocenters. The third-order valence-corrected chi connectivity index (χ3v) is 7.46. The van der Waals surface area contributed by atoms with E-state index in [9.17, 15) is 13.2 Å². The summed E-state index contributed by atoms with van der Waals surface area (Å²) in [6, 6.07) is 10.9. The molecule has 5 rings (SSSR count). The van der Waals surface area contributed by atoms with Crippen molar-refractivity contribution in [1.29, 1.82) is 0 Å². The Morgan fingerprint density at radius 2 is 1.94 bits per heavy atom. The molecule has 0 saturated heterocycles. The lowest BCUT2D eigenvalue weighted by molar-refractivity contribution is -0.135. The van der Waals surface area contributed by atoms with E-state index in [-0.39, 0.29) is 17.8 Å². The highest BCUT2D eigenvalue weighted by atomic mass is 32.2. The van der Waals surface area contributed by atoms with Crippen LogP contribution in [0.25, 0.3) is 0 Å². The van der Waals surface area contributed by atoms with Crippen LogP contribution in [0.5, 0.6) is 5.75 Å². The lowest BCUT2D eigenvalue weighted by Crippen LogP contribution is -2.26. The van der Waals surface area contributed by atoms with E-state index >= 15 is 0 Å². The standard InChI is InChI=1S/C23H24N6O4S/c1-14-12-24-23(26-16-4-2-3-15(11-16)13-25-34(31,32)17-5-6-17)29-22(14)28-20-9-8-19-18(27-20)7-10-21(30)33-19/h2-4,8-9,11-12,17,25H,5-7,10,13H2,1H3,(H2,24,26,27,28,29). The first-order chi connectivity index (χ1) is 16.4. The molecule has 0 bridgehead atoms. The van der Waals surface area contributed by atoms with Crippen molar-refractivity contribution in [1.82, 2.24) is 19.7 Å². The molecule has 3 N–H and O–H groups in total. The Bertz CT molecular complexity index is 1360. The zero-order chi connectivity index (χ0) is 23.7. The first-order valence-corrected chi connectivity index (χ1v) is 12.6. The van der Waals surface area contributed by atoms with E-state index in [1.807, 2.05) is 31.2 Å². The van der Waals surface area contributed by atoms with E-state index in [1.54, 1.807) is 18.3 Å². The van der Waals surface area contributed by atoms with Gasteiger partial charge in [0.05, 0.1) is 17.4 Å². The number of nitrogens with zero attached hydrogens (tertiary/aromatic N) is 3. The highest BCUT2D eigenvalue weighted by molar-refractivity contribution is 7.90. The highest BCUT2D eigenvalue weighted by Gasteiger charge is 2.35. The van der Waals surface area contributed by atoms with Gasteiger partial charge in [-0.05, 0) is 49.6 Å². The van der Waals surface area contributed by atoms with Crippen LogP contribution >= 0.6 is 0 Å². The minimum absolute atomic E-state index is 0.231. The predicted octanol–water partition coefficient (Wildman–Crippen LogP) is 3.10. The second-order valence-electron chi connectivity index (χ2n) is 8.36. The number of benzene rings is 1. The molecule has 3 heterocycles. The Morgan fingerprint density at radius 3 is 2.76 bits per heavy atom. The van der Waals surface area contributed by atoms with Crippen LogP contribution in [-0.2, 0) is 27.8 Å². The number of rotatable bonds is 8. The molecule has 0 amide bonds. The highest BCUT2D eigenvalue weighted by Crippen LogP contribution is 2.28. The molecule has 0 spiro atoms. The Morgan fingerprint density at radius 1 is 1.09 bits per heavy atom. The average molecular weight is 481 g/mol. The lowest BCUT2D eigenvalue weighted by atomic mass is 10.1. The number of pyridine rings is 1. The summed E-state index contributed by atoms with van der Waals surface area (Å²) >= 11 is 0. The largest absolute Gasteiger partial charge is 0.425 e. The quantitative estimate of drug-likeness (QED) is 0.416. The molecule has 1 aliphatic carbocycles. The zero-order valence-electron chi connectivity index (χ0n) is 18.5. The van der Waals surface area contributed by atoms with Gasteiger partial charge in [0.2, 0.25) is 16.0 Å². The third-order valence-electron chi connectivity index (χ3n) is 5.56. The molecular formula is C23H24N6O4S. The number of sulfonamides is 1. The molecular weight excluding hydrogens is 456 g/mol. The number of esters is 1. The molecule has 1 fully saturated rings. The van der Waals surface area contributed by atoms with Gasteiger partial charge in [-0.3, -0.25) is 4.79 Å². The number of hydrogen-bond acceptors (Lipinski definition) is 9. The van der Waals surface area contributed by atoms with Crippen LogP contribution in [0, 0.1) is 6.92 Å². The number of carbonyl (C=O) groups excluding carboxylic acids is 1.